The fourth-order valence-corrected chi connectivity index (χ4v) is 1.68. The zero-order valence-corrected chi connectivity index (χ0v) is 8.77. The Kier molecular flexibility index (Phi) is 2.37. The van der Waals surface area contributed by atoms with E-state index in [1.54, 1.807) is 4.68 Å². The molecule has 0 unspecified atom stereocenters. The van der Waals surface area contributed by atoms with E-state index in [4.69, 9.17) is 0 Å². The summed E-state index contributed by atoms with van der Waals surface area (Å²) in [6.07, 6.45) is 2.66. The van der Waals surface area contributed by atoms with Crippen LogP contribution < -0.4 is 0 Å². The molecular weight excluding hydrogens is 188 g/mol. The number of carbonyl (C=O) groups is 1. The Morgan fingerprint density at radius 1 is 1.27 bits per heavy atom. The molecule has 3 nitrogen and oxygen atoms in total. The van der Waals surface area contributed by atoms with E-state index in [2.05, 4.69) is 5.10 Å². The quantitative estimate of drug-likeness (QED) is 0.696. The molecule has 0 aliphatic carbocycles. The van der Waals surface area contributed by atoms with Crippen LogP contribution in [0.2, 0.25) is 0 Å². The molecule has 0 saturated carbocycles. The van der Waals surface area contributed by atoms with E-state index in [0.29, 0.717) is 5.69 Å². The van der Waals surface area contributed by atoms with Crippen LogP contribution in [-0.2, 0) is 7.05 Å². The number of nitrogens with zero attached hydrogens (tertiary/aromatic N) is 2. The Bertz CT molecular complexity index is 500. The molecule has 0 bridgehead atoms. The first-order valence-electron chi connectivity index (χ1n) is 4.77. The van der Waals surface area contributed by atoms with E-state index in [1.165, 1.54) is 0 Å². The fourth-order valence-electron chi connectivity index (χ4n) is 1.68. The van der Waals surface area contributed by atoms with Crippen molar-refractivity contribution in [2.45, 2.75) is 6.92 Å². The van der Waals surface area contributed by atoms with Gasteiger partial charge in [0, 0.05) is 18.8 Å². The third-order valence-electron chi connectivity index (χ3n) is 2.40. The summed E-state index contributed by atoms with van der Waals surface area (Å²) in [5, 5.41) is 4.10. The van der Waals surface area contributed by atoms with Crippen molar-refractivity contribution in [1.29, 1.82) is 0 Å². The molecule has 1 heterocycles. The van der Waals surface area contributed by atoms with E-state index < -0.39 is 0 Å². The Hall–Kier alpha value is -1.90. The highest BCUT2D eigenvalue weighted by Gasteiger charge is 2.10. The van der Waals surface area contributed by atoms with Crippen molar-refractivity contribution >= 4 is 6.29 Å². The lowest BCUT2D eigenvalue weighted by molar-refractivity contribution is 0.111. The standard InChI is InChI=1S/C12H12N2O/c1-9-5-3-4-6-10(9)11-7-14(2)13-12(11)8-15/h3-8H,1-2H3. The molecule has 2 aromatic rings. The lowest BCUT2D eigenvalue weighted by atomic mass is 10.0. The number of aldehydes is 1. The maximum Gasteiger partial charge on any atom is 0.170 e. The summed E-state index contributed by atoms with van der Waals surface area (Å²) < 4.78 is 1.66. The summed E-state index contributed by atoms with van der Waals surface area (Å²) >= 11 is 0. The minimum atomic E-state index is 0.492. The van der Waals surface area contributed by atoms with E-state index in [-0.39, 0.29) is 0 Å². The molecule has 0 N–H and O–H groups in total. The Balaban J connectivity index is 2.63. The van der Waals surface area contributed by atoms with Crippen LogP contribution in [0.15, 0.2) is 30.5 Å². The first-order valence-corrected chi connectivity index (χ1v) is 4.77. The predicted molar refractivity (Wildman–Crippen MR) is 58.8 cm³/mol. The van der Waals surface area contributed by atoms with E-state index in [9.17, 15) is 4.79 Å². The van der Waals surface area contributed by atoms with Crippen molar-refractivity contribution in [2.75, 3.05) is 0 Å². The van der Waals surface area contributed by atoms with Gasteiger partial charge in [0.15, 0.2) is 6.29 Å². The third-order valence-corrected chi connectivity index (χ3v) is 2.40. The first kappa shape index (κ1) is 9.65. The van der Waals surface area contributed by atoms with Crippen LogP contribution in [0.4, 0.5) is 0 Å². The Morgan fingerprint density at radius 3 is 2.67 bits per heavy atom. The average molecular weight is 200 g/mol. The van der Waals surface area contributed by atoms with Gasteiger partial charge < -0.3 is 0 Å². The monoisotopic (exact) mass is 200 g/mol. The van der Waals surface area contributed by atoms with Crippen LogP contribution in [0.1, 0.15) is 16.1 Å². The van der Waals surface area contributed by atoms with Crippen LogP contribution >= 0.6 is 0 Å². The van der Waals surface area contributed by atoms with Gasteiger partial charge in [-0.25, -0.2) is 0 Å². The molecule has 0 aliphatic heterocycles. The summed E-state index contributed by atoms with van der Waals surface area (Å²) in [6.45, 7) is 2.02. The predicted octanol–water partition coefficient (Wildman–Crippen LogP) is 2.21. The minimum Gasteiger partial charge on any atom is -0.296 e. The zero-order valence-electron chi connectivity index (χ0n) is 8.77. The Morgan fingerprint density at radius 2 is 2.00 bits per heavy atom. The van der Waals surface area contributed by atoms with Crippen LogP contribution in [0.3, 0.4) is 0 Å². The second-order valence-corrected chi connectivity index (χ2v) is 3.53. The molecule has 15 heavy (non-hydrogen) atoms. The van der Waals surface area contributed by atoms with Crippen molar-refractivity contribution in [3.05, 3.63) is 41.7 Å². The van der Waals surface area contributed by atoms with Gasteiger partial charge in [0.05, 0.1) is 0 Å². The first-order chi connectivity index (χ1) is 7.22. The fraction of sp³-hybridized carbons (Fsp3) is 0.167. The second-order valence-electron chi connectivity index (χ2n) is 3.53. The van der Waals surface area contributed by atoms with Gasteiger partial charge in [-0.05, 0) is 18.1 Å². The van der Waals surface area contributed by atoms with Crippen molar-refractivity contribution in [1.82, 2.24) is 9.78 Å². The normalized spacial score (nSPS) is 10.3. The van der Waals surface area contributed by atoms with Crippen molar-refractivity contribution in [3.8, 4) is 11.1 Å². The average Bonchev–Trinajstić information content (AvgIpc) is 2.60. The molecule has 1 aromatic carbocycles. The summed E-state index contributed by atoms with van der Waals surface area (Å²) in [6, 6.07) is 7.97. The van der Waals surface area contributed by atoms with Gasteiger partial charge in [-0.15, -0.1) is 0 Å². The SMILES string of the molecule is Cc1ccccc1-c1cn(C)nc1C=O. The number of aromatic nitrogens is 2. The molecule has 0 aliphatic rings. The lowest BCUT2D eigenvalue weighted by Gasteiger charge is -2.02. The molecule has 0 spiro atoms. The van der Waals surface area contributed by atoms with Gasteiger partial charge >= 0.3 is 0 Å². The lowest BCUT2D eigenvalue weighted by Crippen LogP contribution is -1.89. The van der Waals surface area contributed by atoms with Gasteiger partial charge in [0.2, 0.25) is 0 Å². The molecular formula is C12H12N2O. The minimum absolute atomic E-state index is 0.492. The number of rotatable bonds is 2. The van der Waals surface area contributed by atoms with Gasteiger partial charge in [0.1, 0.15) is 5.69 Å². The highest BCUT2D eigenvalue weighted by molar-refractivity contribution is 5.85. The molecule has 2 rings (SSSR count). The van der Waals surface area contributed by atoms with Crippen LogP contribution in [0, 0.1) is 6.92 Å². The summed E-state index contributed by atoms with van der Waals surface area (Å²) in [5.41, 5.74) is 3.60. The Labute approximate surface area is 88.4 Å². The molecule has 0 fully saturated rings. The number of hydrogen-bond acceptors (Lipinski definition) is 2. The largest absolute Gasteiger partial charge is 0.296 e. The molecule has 0 amide bonds. The van der Waals surface area contributed by atoms with Crippen molar-refractivity contribution in [2.24, 2.45) is 7.05 Å². The van der Waals surface area contributed by atoms with E-state index in [0.717, 1.165) is 23.0 Å². The number of aryl methyl sites for hydroxylation is 2. The van der Waals surface area contributed by atoms with E-state index >= 15 is 0 Å². The van der Waals surface area contributed by atoms with Crippen LogP contribution in [-0.4, -0.2) is 16.1 Å². The summed E-state index contributed by atoms with van der Waals surface area (Å²) in [4.78, 5) is 10.8. The maximum atomic E-state index is 10.8. The second kappa shape index (κ2) is 3.69. The van der Waals surface area contributed by atoms with E-state index in [1.807, 2.05) is 44.4 Å². The summed E-state index contributed by atoms with van der Waals surface area (Å²) in [7, 11) is 1.81. The highest BCUT2D eigenvalue weighted by atomic mass is 16.1. The smallest absolute Gasteiger partial charge is 0.170 e. The molecule has 76 valence electrons. The van der Waals surface area contributed by atoms with Gasteiger partial charge in [-0.2, -0.15) is 5.10 Å². The van der Waals surface area contributed by atoms with Crippen molar-refractivity contribution < 1.29 is 4.79 Å². The van der Waals surface area contributed by atoms with Crippen LogP contribution in [0.25, 0.3) is 11.1 Å². The van der Waals surface area contributed by atoms with Gasteiger partial charge in [0.25, 0.3) is 0 Å². The van der Waals surface area contributed by atoms with Crippen molar-refractivity contribution in [3.63, 3.8) is 0 Å². The molecule has 0 radical (unpaired) electrons. The molecule has 0 atom stereocenters. The molecule has 0 saturated heterocycles. The summed E-state index contributed by atoms with van der Waals surface area (Å²) in [5.74, 6) is 0. The topological polar surface area (TPSA) is 34.9 Å². The van der Waals surface area contributed by atoms with Gasteiger partial charge in [-0.1, -0.05) is 24.3 Å². The number of hydrogen-bond donors (Lipinski definition) is 0. The highest BCUT2D eigenvalue weighted by Crippen LogP contribution is 2.24. The molecule has 3 heteroatoms. The zero-order chi connectivity index (χ0) is 10.8. The number of benzene rings is 1. The van der Waals surface area contributed by atoms with Crippen LogP contribution in [0.5, 0.6) is 0 Å². The number of carbonyl (C=O) groups excluding carboxylic acids is 1. The third kappa shape index (κ3) is 1.68. The van der Waals surface area contributed by atoms with Gasteiger partial charge in [-0.3, -0.25) is 9.48 Å². The maximum absolute atomic E-state index is 10.8. The molecule has 1 aromatic heterocycles.